The maximum absolute atomic E-state index is 12.6. The van der Waals surface area contributed by atoms with Crippen molar-refractivity contribution in [3.8, 4) is 0 Å². The van der Waals surface area contributed by atoms with Gasteiger partial charge in [0, 0.05) is 13.0 Å². The highest BCUT2D eigenvalue weighted by Crippen LogP contribution is 2.43. The molecule has 0 aliphatic carbocycles. The van der Waals surface area contributed by atoms with Gasteiger partial charge in [0.2, 0.25) is 0 Å². The molecule has 0 saturated heterocycles. The Morgan fingerprint density at radius 1 is 0.554 bits per heavy atom. The lowest BCUT2D eigenvalue weighted by Crippen LogP contribution is -2.29. The highest BCUT2D eigenvalue weighted by atomic mass is 31.2. The molecule has 3 atom stereocenters. The Hall–Kier alpha value is -1.06. The molecule has 10 heteroatoms. The minimum absolute atomic E-state index is 0.0522. The number of phosphoric ester groups is 1. The molecule has 0 heterocycles. The Morgan fingerprint density at radius 2 is 0.964 bits per heavy atom. The molecule has 9 nitrogen and oxygen atoms in total. The first-order valence-electron chi connectivity index (χ1n) is 23.3. The summed E-state index contributed by atoms with van der Waals surface area (Å²) in [6.07, 6.45) is 45.6. The summed E-state index contributed by atoms with van der Waals surface area (Å²) in [5.74, 6) is -0.383. The van der Waals surface area contributed by atoms with Crippen LogP contribution in [0, 0.1) is 0 Å². The van der Waals surface area contributed by atoms with E-state index >= 15 is 0 Å². The highest BCUT2D eigenvalue weighted by molar-refractivity contribution is 7.47. The minimum Gasteiger partial charge on any atom is -0.457 e. The van der Waals surface area contributed by atoms with E-state index in [0.717, 1.165) is 38.5 Å². The summed E-state index contributed by atoms with van der Waals surface area (Å²) in [5.41, 5.74) is 0. The van der Waals surface area contributed by atoms with Crippen LogP contribution in [-0.4, -0.2) is 66.3 Å². The summed E-state index contributed by atoms with van der Waals surface area (Å²) in [7, 11) is -4.52. The Balaban J connectivity index is 4.11. The third-order valence-electron chi connectivity index (χ3n) is 10.1. The van der Waals surface area contributed by atoms with Gasteiger partial charge in [-0.15, -0.1) is 0 Å². The number of allylic oxidation sites excluding steroid dienone is 4. The second-order valence-corrected chi connectivity index (χ2v) is 17.2. The maximum atomic E-state index is 12.6. The van der Waals surface area contributed by atoms with Crippen LogP contribution >= 0.6 is 7.82 Å². The number of phosphoric acid groups is 1. The van der Waals surface area contributed by atoms with E-state index in [2.05, 4.69) is 38.2 Å². The number of carbonyl (C=O) groups is 1. The number of aliphatic hydroxyl groups is 2. The second-order valence-electron chi connectivity index (χ2n) is 15.8. The summed E-state index contributed by atoms with van der Waals surface area (Å²) in [6.45, 7) is 3.53. The van der Waals surface area contributed by atoms with E-state index in [1.807, 2.05) is 0 Å². The molecule has 0 aliphatic rings. The first-order valence-corrected chi connectivity index (χ1v) is 24.8. The van der Waals surface area contributed by atoms with Crippen LogP contribution < -0.4 is 0 Å². The molecule has 0 aromatic carbocycles. The molecule has 0 saturated carbocycles. The van der Waals surface area contributed by atoms with Crippen LogP contribution in [0.3, 0.4) is 0 Å². The number of hydrogen-bond donors (Lipinski definition) is 3. The van der Waals surface area contributed by atoms with Crippen molar-refractivity contribution in [2.75, 3.05) is 33.0 Å². The average Bonchev–Trinajstić information content (AvgIpc) is 3.19. The van der Waals surface area contributed by atoms with Crippen LogP contribution in [0.15, 0.2) is 24.3 Å². The van der Waals surface area contributed by atoms with Crippen molar-refractivity contribution in [2.45, 2.75) is 232 Å². The molecule has 0 spiro atoms. The van der Waals surface area contributed by atoms with Crippen LogP contribution in [0.25, 0.3) is 0 Å². The maximum Gasteiger partial charge on any atom is 0.472 e. The second kappa shape index (κ2) is 43.5. The van der Waals surface area contributed by atoms with Gasteiger partial charge in [-0.25, -0.2) is 4.57 Å². The lowest BCUT2D eigenvalue weighted by Gasteiger charge is -2.20. The predicted octanol–water partition coefficient (Wildman–Crippen LogP) is 13.0. The molecule has 0 aromatic heterocycles. The topological polar surface area (TPSA) is 132 Å². The fourth-order valence-corrected chi connectivity index (χ4v) is 7.35. The number of hydrogen-bond acceptors (Lipinski definition) is 8. The van der Waals surface area contributed by atoms with Gasteiger partial charge in [-0.2, -0.15) is 0 Å². The quantitative estimate of drug-likeness (QED) is 0.0238. The average molecular weight is 817 g/mol. The molecule has 0 radical (unpaired) electrons. The van der Waals surface area contributed by atoms with Gasteiger partial charge in [-0.1, -0.05) is 192 Å². The molecule has 0 aromatic rings. The third-order valence-corrected chi connectivity index (χ3v) is 11.1. The number of ether oxygens (including phenoxy) is 2. The first kappa shape index (κ1) is 54.9. The fourth-order valence-electron chi connectivity index (χ4n) is 6.56. The van der Waals surface area contributed by atoms with Gasteiger partial charge < -0.3 is 24.6 Å². The zero-order chi connectivity index (χ0) is 41.1. The molecule has 0 bridgehead atoms. The third kappa shape index (κ3) is 42.5. The van der Waals surface area contributed by atoms with E-state index in [1.165, 1.54) is 161 Å². The van der Waals surface area contributed by atoms with Crippen LogP contribution in [0.4, 0.5) is 0 Å². The van der Waals surface area contributed by atoms with Crippen molar-refractivity contribution in [1.82, 2.24) is 0 Å². The van der Waals surface area contributed by atoms with Gasteiger partial charge in [0.1, 0.15) is 12.2 Å². The summed E-state index contributed by atoms with van der Waals surface area (Å²) in [4.78, 5) is 22.6. The number of unbranched alkanes of at least 4 members (excludes halogenated alkanes) is 27. The van der Waals surface area contributed by atoms with Crippen LogP contribution in [0.1, 0.15) is 219 Å². The Morgan fingerprint density at radius 3 is 1.46 bits per heavy atom. The van der Waals surface area contributed by atoms with E-state index in [9.17, 15) is 19.4 Å². The van der Waals surface area contributed by atoms with Crippen molar-refractivity contribution < 1.29 is 43.0 Å². The summed E-state index contributed by atoms with van der Waals surface area (Å²) in [6, 6.07) is 0. The summed E-state index contributed by atoms with van der Waals surface area (Å²) >= 11 is 0. The largest absolute Gasteiger partial charge is 0.472 e. The Kier molecular flexibility index (Phi) is 42.7. The van der Waals surface area contributed by atoms with Gasteiger partial charge >= 0.3 is 13.8 Å². The van der Waals surface area contributed by atoms with Gasteiger partial charge in [0.15, 0.2) is 0 Å². The zero-order valence-electron chi connectivity index (χ0n) is 36.4. The molecule has 0 aliphatic heterocycles. The molecule has 0 rings (SSSR count). The Labute approximate surface area is 344 Å². The summed E-state index contributed by atoms with van der Waals surface area (Å²) in [5, 5.41) is 18.4. The van der Waals surface area contributed by atoms with Crippen LogP contribution in [-0.2, 0) is 27.9 Å². The Bertz CT molecular complexity index is 928. The van der Waals surface area contributed by atoms with E-state index in [1.54, 1.807) is 0 Å². The van der Waals surface area contributed by atoms with Gasteiger partial charge in [0.05, 0.1) is 26.4 Å². The highest BCUT2D eigenvalue weighted by Gasteiger charge is 2.26. The standard InChI is InChI=1S/C46H89O9P/c1-3-5-7-9-11-13-15-17-19-21-22-23-24-26-28-30-32-34-36-38-46(49)55-45(43-54-56(50,51)53-41-44(48)40-47)42-52-39-37-35-33-31-29-27-25-20-18-16-14-12-10-8-6-4-2/h11,13,17,19,44-45,47-48H,3-10,12,14-16,18,20-43H2,1-2H3,(H,50,51)/b13-11-,19-17-. The fraction of sp³-hybridized carbons (Fsp3) is 0.891. The smallest absolute Gasteiger partial charge is 0.457 e. The molecule has 3 N–H and O–H groups in total. The molecule has 56 heavy (non-hydrogen) atoms. The lowest BCUT2D eigenvalue weighted by atomic mass is 10.0. The van der Waals surface area contributed by atoms with Crippen molar-refractivity contribution in [2.24, 2.45) is 0 Å². The van der Waals surface area contributed by atoms with Crippen LogP contribution in [0.5, 0.6) is 0 Å². The zero-order valence-corrected chi connectivity index (χ0v) is 37.3. The van der Waals surface area contributed by atoms with Crippen LogP contribution in [0.2, 0.25) is 0 Å². The number of carbonyl (C=O) groups excluding carboxylic acids is 1. The molecule has 332 valence electrons. The SMILES string of the molecule is CCCCC/C=C\C/C=C\CCCCCCCCCCCC(=O)OC(COCCCCCCCCCCCCCCCCCC)COP(=O)(O)OCC(O)CO. The van der Waals surface area contributed by atoms with E-state index in [4.69, 9.17) is 23.6 Å². The van der Waals surface area contributed by atoms with Crippen molar-refractivity contribution >= 4 is 13.8 Å². The molecule has 0 fully saturated rings. The number of esters is 1. The van der Waals surface area contributed by atoms with E-state index < -0.39 is 33.2 Å². The number of rotatable bonds is 45. The van der Waals surface area contributed by atoms with Gasteiger partial charge in [0.25, 0.3) is 0 Å². The summed E-state index contributed by atoms with van der Waals surface area (Å²) < 4.78 is 33.4. The minimum atomic E-state index is -4.52. The van der Waals surface area contributed by atoms with E-state index in [-0.39, 0.29) is 25.6 Å². The lowest BCUT2D eigenvalue weighted by molar-refractivity contribution is -0.154. The molecule has 0 amide bonds. The number of aliphatic hydroxyl groups excluding tert-OH is 2. The molecule has 3 unspecified atom stereocenters. The molecular formula is C46H89O9P. The van der Waals surface area contributed by atoms with Crippen molar-refractivity contribution in [3.63, 3.8) is 0 Å². The van der Waals surface area contributed by atoms with Crippen molar-refractivity contribution in [1.29, 1.82) is 0 Å². The predicted molar refractivity (Wildman–Crippen MR) is 233 cm³/mol. The first-order chi connectivity index (χ1) is 27.3. The van der Waals surface area contributed by atoms with E-state index in [0.29, 0.717) is 6.61 Å². The molecular weight excluding hydrogens is 727 g/mol. The normalized spacial score (nSPS) is 14.2. The van der Waals surface area contributed by atoms with Gasteiger partial charge in [-0.3, -0.25) is 13.8 Å². The van der Waals surface area contributed by atoms with Gasteiger partial charge in [-0.05, 0) is 44.9 Å². The van der Waals surface area contributed by atoms with Crippen molar-refractivity contribution in [3.05, 3.63) is 24.3 Å². The monoisotopic (exact) mass is 817 g/mol.